The van der Waals surface area contributed by atoms with Crippen LogP contribution in [0, 0.1) is 13.8 Å². The molecule has 0 saturated heterocycles. The number of fused-ring (bicyclic) bond motifs is 1. The minimum atomic E-state index is 0.606. The van der Waals surface area contributed by atoms with E-state index < -0.39 is 0 Å². The lowest BCUT2D eigenvalue weighted by Crippen LogP contribution is -2.11. The number of hydrogen-bond acceptors (Lipinski definition) is 0. The van der Waals surface area contributed by atoms with Crippen molar-refractivity contribution in [2.45, 2.75) is 39.0 Å². The molecule has 1 atom stereocenters. The predicted octanol–water partition coefficient (Wildman–Crippen LogP) is 4.77. The summed E-state index contributed by atoms with van der Waals surface area (Å²) in [6.45, 7) is 4.40. The van der Waals surface area contributed by atoms with Gasteiger partial charge in [-0.05, 0) is 60.9 Å². The quantitative estimate of drug-likeness (QED) is 0.669. The van der Waals surface area contributed by atoms with Crippen LogP contribution in [0.25, 0.3) is 0 Å². The highest BCUT2D eigenvalue weighted by molar-refractivity contribution is 5.42. The number of hydrogen-bond donors (Lipinski definition) is 0. The zero-order valence-corrected chi connectivity index (χ0v) is 11.2. The van der Waals surface area contributed by atoms with Gasteiger partial charge in [0.25, 0.3) is 0 Å². The van der Waals surface area contributed by atoms with Gasteiger partial charge in [-0.25, -0.2) is 0 Å². The number of aryl methyl sites for hydroxylation is 3. The molecule has 18 heavy (non-hydrogen) atoms. The zero-order valence-electron chi connectivity index (χ0n) is 11.2. The molecule has 0 radical (unpaired) electrons. The normalized spacial score (nSPS) is 18.4. The highest BCUT2D eigenvalue weighted by atomic mass is 14.3. The molecular weight excluding hydrogens is 216 g/mol. The van der Waals surface area contributed by atoms with E-state index in [1.807, 2.05) is 0 Å². The first-order chi connectivity index (χ1) is 8.75. The molecule has 1 aliphatic carbocycles. The first-order valence-electron chi connectivity index (χ1n) is 6.90. The molecule has 0 aliphatic heterocycles. The maximum atomic E-state index is 2.38. The van der Waals surface area contributed by atoms with Crippen LogP contribution in [0.2, 0.25) is 0 Å². The average molecular weight is 236 g/mol. The molecule has 0 nitrogen and oxygen atoms in total. The zero-order chi connectivity index (χ0) is 12.5. The molecule has 0 heterocycles. The molecule has 2 aromatic rings. The Morgan fingerprint density at radius 2 is 1.78 bits per heavy atom. The van der Waals surface area contributed by atoms with Gasteiger partial charge < -0.3 is 0 Å². The second-order valence-corrected chi connectivity index (χ2v) is 5.49. The third-order valence-electron chi connectivity index (χ3n) is 4.30. The maximum Gasteiger partial charge on any atom is 0.00922 e. The Kier molecular flexibility index (Phi) is 2.95. The van der Waals surface area contributed by atoms with Crippen LogP contribution < -0.4 is 0 Å². The van der Waals surface area contributed by atoms with E-state index in [0.29, 0.717) is 5.92 Å². The summed E-state index contributed by atoms with van der Waals surface area (Å²) in [5.41, 5.74) is 7.39. The van der Waals surface area contributed by atoms with Crippen LogP contribution in [0.15, 0.2) is 42.5 Å². The Morgan fingerprint density at radius 1 is 0.944 bits per heavy atom. The van der Waals surface area contributed by atoms with Crippen molar-refractivity contribution in [1.82, 2.24) is 0 Å². The summed E-state index contributed by atoms with van der Waals surface area (Å²) in [5.74, 6) is 0.606. The van der Waals surface area contributed by atoms with Gasteiger partial charge in [0.05, 0.1) is 0 Å². The molecule has 0 bridgehead atoms. The highest BCUT2D eigenvalue weighted by Crippen LogP contribution is 2.36. The van der Waals surface area contributed by atoms with E-state index in [-0.39, 0.29) is 0 Å². The lowest BCUT2D eigenvalue weighted by atomic mass is 9.78. The Morgan fingerprint density at radius 3 is 2.61 bits per heavy atom. The minimum Gasteiger partial charge on any atom is -0.0620 e. The summed E-state index contributed by atoms with van der Waals surface area (Å²) in [6, 6.07) is 15.9. The van der Waals surface area contributed by atoms with Crippen LogP contribution in [0.4, 0.5) is 0 Å². The molecule has 2 aromatic carbocycles. The number of rotatable bonds is 1. The summed E-state index contributed by atoms with van der Waals surface area (Å²) in [6.07, 6.45) is 3.85. The summed E-state index contributed by atoms with van der Waals surface area (Å²) < 4.78 is 0. The van der Waals surface area contributed by atoms with Crippen molar-refractivity contribution in [3.8, 4) is 0 Å². The van der Waals surface area contributed by atoms with Crippen LogP contribution >= 0.6 is 0 Å². The molecular formula is C18H20. The van der Waals surface area contributed by atoms with Gasteiger partial charge in [-0.1, -0.05) is 42.5 Å². The van der Waals surface area contributed by atoms with Gasteiger partial charge in [-0.2, -0.15) is 0 Å². The van der Waals surface area contributed by atoms with Crippen molar-refractivity contribution in [1.29, 1.82) is 0 Å². The number of benzene rings is 2. The van der Waals surface area contributed by atoms with E-state index in [1.165, 1.54) is 36.0 Å². The highest BCUT2D eigenvalue weighted by Gasteiger charge is 2.21. The Labute approximate surface area is 110 Å². The predicted molar refractivity (Wildman–Crippen MR) is 77.1 cm³/mol. The minimum absolute atomic E-state index is 0.606. The van der Waals surface area contributed by atoms with Crippen molar-refractivity contribution in [3.63, 3.8) is 0 Å². The molecule has 0 aromatic heterocycles. The first kappa shape index (κ1) is 11.5. The van der Waals surface area contributed by atoms with E-state index in [9.17, 15) is 0 Å². The lowest BCUT2D eigenvalue weighted by molar-refractivity contribution is 0.615. The topological polar surface area (TPSA) is 0 Å². The summed E-state index contributed by atoms with van der Waals surface area (Å²) in [5, 5.41) is 0. The van der Waals surface area contributed by atoms with Gasteiger partial charge in [-0.3, -0.25) is 0 Å². The fourth-order valence-electron chi connectivity index (χ4n) is 3.08. The molecule has 0 saturated carbocycles. The maximum absolute atomic E-state index is 2.38. The van der Waals surface area contributed by atoms with Crippen molar-refractivity contribution in [2.75, 3.05) is 0 Å². The van der Waals surface area contributed by atoms with Crippen molar-refractivity contribution in [3.05, 3.63) is 70.3 Å². The fourth-order valence-corrected chi connectivity index (χ4v) is 3.08. The van der Waals surface area contributed by atoms with E-state index in [4.69, 9.17) is 0 Å². The molecule has 0 fully saturated rings. The van der Waals surface area contributed by atoms with E-state index in [2.05, 4.69) is 56.3 Å². The van der Waals surface area contributed by atoms with Gasteiger partial charge in [0.2, 0.25) is 0 Å². The van der Waals surface area contributed by atoms with Crippen LogP contribution in [0.5, 0.6) is 0 Å². The molecule has 0 amide bonds. The van der Waals surface area contributed by atoms with E-state index in [0.717, 1.165) is 0 Å². The van der Waals surface area contributed by atoms with Gasteiger partial charge in [-0.15, -0.1) is 0 Å². The first-order valence-corrected chi connectivity index (χ1v) is 6.90. The smallest absolute Gasteiger partial charge is 0.00922 e. The molecule has 3 rings (SSSR count). The summed E-state index contributed by atoms with van der Waals surface area (Å²) in [7, 11) is 0. The second kappa shape index (κ2) is 4.61. The van der Waals surface area contributed by atoms with Crippen molar-refractivity contribution >= 4 is 0 Å². The SMILES string of the molecule is Cc1ccc([C@@H]2CCCc3ccccc32)cc1C. The molecule has 0 heteroatoms. The van der Waals surface area contributed by atoms with Crippen LogP contribution in [-0.2, 0) is 6.42 Å². The van der Waals surface area contributed by atoms with Gasteiger partial charge in [0.1, 0.15) is 0 Å². The van der Waals surface area contributed by atoms with E-state index >= 15 is 0 Å². The fraction of sp³-hybridized carbons (Fsp3) is 0.333. The van der Waals surface area contributed by atoms with Gasteiger partial charge >= 0.3 is 0 Å². The molecule has 0 N–H and O–H groups in total. The summed E-state index contributed by atoms with van der Waals surface area (Å²) in [4.78, 5) is 0. The Bertz CT molecular complexity index is 566. The van der Waals surface area contributed by atoms with Crippen LogP contribution in [-0.4, -0.2) is 0 Å². The lowest BCUT2D eigenvalue weighted by Gasteiger charge is -2.26. The third-order valence-corrected chi connectivity index (χ3v) is 4.30. The second-order valence-electron chi connectivity index (χ2n) is 5.49. The van der Waals surface area contributed by atoms with Crippen LogP contribution in [0.1, 0.15) is 46.6 Å². The largest absolute Gasteiger partial charge is 0.0620 e. The Hall–Kier alpha value is -1.56. The molecule has 92 valence electrons. The summed E-state index contributed by atoms with van der Waals surface area (Å²) >= 11 is 0. The molecule has 1 aliphatic rings. The molecule has 0 spiro atoms. The van der Waals surface area contributed by atoms with Crippen molar-refractivity contribution in [2.24, 2.45) is 0 Å². The monoisotopic (exact) mass is 236 g/mol. The third kappa shape index (κ3) is 1.96. The standard InChI is InChI=1S/C18H20/c1-13-10-11-16(12-14(13)2)18-9-5-7-15-6-3-4-8-17(15)18/h3-4,6,8,10-12,18H,5,7,9H2,1-2H3/t18-/m0/s1. The van der Waals surface area contributed by atoms with Gasteiger partial charge in [0.15, 0.2) is 0 Å². The van der Waals surface area contributed by atoms with Crippen LogP contribution in [0.3, 0.4) is 0 Å². The Balaban J connectivity index is 2.05. The molecule has 0 unspecified atom stereocenters. The van der Waals surface area contributed by atoms with Crippen molar-refractivity contribution < 1.29 is 0 Å². The van der Waals surface area contributed by atoms with Gasteiger partial charge in [0, 0.05) is 5.92 Å². The van der Waals surface area contributed by atoms with E-state index in [1.54, 1.807) is 11.1 Å². The average Bonchev–Trinajstić information content (AvgIpc) is 2.41.